The van der Waals surface area contributed by atoms with E-state index in [-0.39, 0.29) is 0 Å². The zero-order chi connectivity index (χ0) is 9.78. The summed E-state index contributed by atoms with van der Waals surface area (Å²) in [6.45, 7) is 15.5. The first-order valence-corrected chi connectivity index (χ1v) is 5.04. The minimum absolute atomic E-state index is 0.427. The largest absolute Gasteiger partial charge is 0.0999 e. The fourth-order valence-corrected chi connectivity index (χ4v) is 1.19. The highest BCUT2D eigenvalue weighted by molar-refractivity contribution is 4.96. The normalized spacial score (nSPS) is 14.4. The Morgan fingerprint density at radius 1 is 1.33 bits per heavy atom. The molecule has 0 rings (SSSR count). The maximum atomic E-state index is 4.10. The first kappa shape index (κ1) is 11.7. The summed E-state index contributed by atoms with van der Waals surface area (Å²) in [6.07, 6.45) is 3.62. The molecule has 0 radical (unpaired) electrons. The Balaban J connectivity index is 3.84. The predicted octanol–water partition coefficient (Wildman–Crippen LogP) is 4.42. The molecule has 0 N–H and O–H groups in total. The van der Waals surface area contributed by atoms with Gasteiger partial charge < -0.3 is 0 Å². The van der Waals surface area contributed by atoms with Gasteiger partial charge in [0.2, 0.25) is 0 Å². The molecule has 0 saturated heterocycles. The molecule has 72 valence electrons. The Morgan fingerprint density at radius 2 is 1.83 bits per heavy atom. The van der Waals surface area contributed by atoms with Crippen LogP contribution in [0.3, 0.4) is 0 Å². The average Bonchev–Trinajstić information content (AvgIpc) is 1.85. The van der Waals surface area contributed by atoms with Gasteiger partial charge in [-0.05, 0) is 24.2 Å². The summed E-state index contributed by atoms with van der Waals surface area (Å²) in [6, 6.07) is 0. The molecule has 0 amide bonds. The minimum atomic E-state index is 0.427. The molecule has 0 nitrogen and oxygen atoms in total. The SMILES string of the molecule is C=C(CCC)CC(C)C(C)(C)C. The second-order valence-electron chi connectivity index (χ2n) is 4.97. The molecule has 0 aliphatic heterocycles. The third-order valence-corrected chi connectivity index (χ3v) is 2.68. The molecular formula is C12H24. The van der Waals surface area contributed by atoms with Gasteiger partial charge in [0, 0.05) is 0 Å². The van der Waals surface area contributed by atoms with Gasteiger partial charge in [-0.15, -0.1) is 0 Å². The van der Waals surface area contributed by atoms with Gasteiger partial charge >= 0.3 is 0 Å². The lowest BCUT2D eigenvalue weighted by Gasteiger charge is -2.27. The summed E-state index contributed by atoms with van der Waals surface area (Å²) in [5, 5.41) is 0. The van der Waals surface area contributed by atoms with E-state index in [0.29, 0.717) is 5.41 Å². The van der Waals surface area contributed by atoms with Gasteiger partial charge in [-0.1, -0.05) is 53.2 Å². The summed E-state index contributed by atoms with van der Waals surface area (Å²) in [4.78, 5) is 0. The molecule has 0 bridgehead atoms. The van der Waals surface area contributed by atoms with Crippen LogP contribution in [0.1, 0.15) is 53.9 Å². The highest BCUT2D eigenvalue weighted by Gasteiger charge is 2.19. The van der Waals surface area contributed by atoms with Gasteiger partial charge in [0.15, 0.2) is 0 Å². The summed E-state index contributed by atoms with van der Waals surface area (Å²) in [5.74, 6) is 0.747. The molecule has 0 saturated carbocycles. The van der Waals surface area contributed by atoms with E-state index >= 15 is 0 Å². The van der Waals surface area contributed by atoms with Crippen molar-refractivity contribution in [3.63, 3.8) is 0 Å². The molecule has 12 heavy (non-hydrogen) atoms. The molecule has 0 aliphatic carbocycles. The van der Waals surface area contributed by atoms with E-state index in [2.05, 4.69) is 41.2 Å². The predicted molar refractivity (Wildman–Crippen MR) is 57.3 cm³/mol. The summed E-state index contributed by atoms with van der Waals surface area (Å²) < 4.78 is 0. The van der Waals surface area contributed by atoms with Crippen molar-refractivity contribution in [3.8, 4) is 0 Å². The van der Waals surface area contributed by atoms with Crippen molar-refractivity contribution in [2.24, 2.45) is 11.3 Å². The van der Waals surface area contributed by atoms with Gasteiger partial charge in [0.1, 0.15) is 0 Å². The van der Waals surface area contributed by atoms with Gasteiger partial charge in [-0.2, -0.15) is 0 Å². The zero-order valence-electron chi connectivity index (χ0n) is 9.41. The lowest BCUT2D eigenvalue weighted by Crippen LogP contribution is -2.17. The summed E-state index contributed by atoms with van der Waals surface area (Å²) >= 11 is 0. The molecule has 0 aromatic rings. The third-order valence-electron chi connectivity index (χ3n) is 2.68. The van der Waals surface area contributed by atoms with E-state index < -0.39 is 0 Å². The van der Waals surface area contributed by atoms with Crippen LogP contribution in [-0.2, 0) is 0 Å². The van der Waals surface area contributed by atoms with Crippen LogP contribution in [0, 0.1) is 11.3 Å². The first-order valence-electron chi connectivity index (χ1n) is 5.04. The van der Waals surface area contributed by atoms with E-state index in [1.165, 1.54) is 24.8 Å². The van der Waals surface area contributed by atoms with Crippen LogP contribution in [0.5, 0.6) is 0 Å². The average molecular weight is 168 g/mol. The van der Waals surface area contributed by atoms with Crippen LogP contribution in [-0.4, -0.2) is 0 Å². The molecule has 1 unspecified atom stereocenters. The number of hydrogen-bond acceptors (Lipinski definition) is 0. The van der Waals surface area contributed by atoms with Crippen LogP contribution in [0.4, 0.5) is 0 Å². The minimum Gasteiger partial charge on any atom is -0.0999 e. The van der Waals surface area contributed by atoms with Gasteiger partial charge in [-0.3, -0.25) is 0 Å². The molecular weight excluding hydrogens is 144 g/mol. The first-order chi connectivity index (χ1) is 5.38. The Hall–Kier alpha value is -0.260. The standard InChI is InChI=1S/C12H24/c1-7-8-10(2)9-11(3)12(4,5)6/h11H,2,7-9H2,1,3-6H3. The molecule has 0 heterocycles. The maximum Gasteiger partial charge on any atom is -0.0292 e. The molecule has 0 heteroatoms. The second-order valence-corrected chi connectivity index (χ2v) is 4.97. The Labute approximate surface area is 78.1 Å². The van der Waals surface area contributed by atoms with E-state index in [4.69, 9.17) is 0 Å². The van der Waals surface area contributed by atoms with Crippen molar-refractivity contribution in [1.82, 2.24) is 0 Å². The van der Waals surface area contributed by atoms with Crippen molar-refractivity contribution in [3.05, 3.63) is 12.2 Å². The Bertz CT molecular complexity index is 137. The molecule has 0 fully saturated rings. The van der Waals surface area contributed by atoms with Gasteiger partial charge in [-0.25, -0.2) is 0 Å². The zero-order valence-corrected chi connectivity index (χ0v) is 9.41. The number of rotatable bonds is 4. The monoisotopic (exact) mass is 168 g/mol. The van der Waals surface area contributed by atoms with E-state index in [1.807, 2.05) is 0 Å². The molecule has 0 aliphatic rings. The number of hydrogen-bond donors (Lipinski definition) is 0. The highest BCUT2D eigenvalue weighted by atomic mass is 14.2. The summed E-state index contributed by atoms with van der Waals surface area (Å²) in [7, 11) is 0. The fraction of sp³-hybridized carbons (Fsp3) is 0.833. The summed E-state index contributed by atoms with van der Waals surface area (Å²) in [5.41, 5.74) is 1.84. The maximum absolute atomic E-state index is 4.10. The lowest BCUT2D eigenvalue weighted by atomic mass is 9.78. The number of allylic oxidation sites excluding steroid dienone is 1. The molecule has 0 aromatic carbocycles. The van der Waals surface area contributed by atoms with Crippen molar-refractivity contribution in [2.75, 3.05) is 0 Å². The molecule has 1 atom stereocenters. The van der Waals surface area contributed by atoms with Crippen LogP contribution >= 0.6 is 0 Å². The fourth-order valence-electron chi connectivity index (χ4n) is 1.19. The molecule has 0 spiro atoms. The van der Waals surface area contributed by atoms with Crippen molar-refractivity contribution < 1.29 is 0 Å². The topological polar surface area (TPSA) is 0 Å². The van der Waals surface area contributed by atoms with Crippen LogP contribution in [0.15, 0.2) is 12.2 Å². The molecule has 0 aromatic heterocycles. The van der Waals surface area contributed by atoms with Crippen LogP contribution in [0.2, 0.25) is 0 Å². The van der Waals surface area contributed by atoms with Crippen molar-refractivity contribution >= 4 is 0 Å². The highest BCUT2D eigenvalue weighted by Crippen LogP contribution is 2.30. The van der Waals surface area contributed by atoms with Crippen LogP contribution in [0.25, 0.3) is 0 Å². The Kier molecular flexibility index (Phi) is 4.59. The van der Waals surface area contributed by atoms with E-state index in [0.717, 1.165) is 5.92 Å². The van der Waals surface area contributed by atoms with Gasteiger partial charge in [0.25, 0.3) is 0 Å². The van der Waals surface area contributed by atoms with Crippen molar-refractivity contribution in [1.29, 1.82) is 0 Å². The van der Waals surface area contributed by atoms with E-state index in [1.54, 1.807) is 0 Å². The quantitative estimate of drug-likeness (QED) is 0.545. The van der Waals surface area contributed by atoms with Crippen molar-refractivity contribution in [2.45, 2.75) is 53.9 Å². The van der Waals surface area contributed by atoms with E-state index in [9.17, 15) is 0 Å². The Morgan fingerprint density at radius 3 is 2.17 bits per heavy atom. The second kappa shape index (κ2) is 4.69. The lowest BCUT2D eigenvalue weighted by molar-refractivity contribution is 0.258. The smallest absolute Gasteiger partial charge is 0.0292 e. The van der Waals surface area contributed by atoms with Crippen LogP contribution < -0.4 is 0 Å². The third kappa shape index (κ3) is 4.58. The van der Waals surface area contributed by atoms with Gasteiger partial charge in [0.05, 0.1) is 0 Å².